The van der Waals surface area contributed by atoms with E-state index >= 15 is 0 Å². The molecule has 1 aliphatic heterocycles. The van der Waals surface area contributed by atoms with Gasteiger partial charge in [0.1, 0.15) is 5.82 Å². The van der Waals surface area contributed by atoms with Crippen LogP contribution in [0.2, 0.25) is 0 Å². The monoisotopic (exact) mass is 264 g/mol. The lowest BCUT2D eigenvalue weighted by molar-refractivity contribution is 0.0814. The Labute approximate surface area is 115 Å². The largest absolute Gasteiger partial charge is 0.330 e. The Kier molecular flexibility index (Phi) is 4.94. The molecule has 1 fully saturated rings. The van der Waals surface area contributed by atoms with Crippen molar-refractivity contribution < 1.29 is 4.39 Å². The van der Waals surface area contributed by atoms with Crippen molar-refractivity contribution in [1.29, 1.82) is 0 Å². The summed E-state index contributed by atoms with van der Waals surface area (Å²) in [5.74, 6) is 0.470. The van der Waals surface area contributed by atoms with Gasteiger partial charge in [0, 0.05) is 18.6 Å². The third-order valence-electron chi connectivity index (χ3n) is 4.37. The molecule has 2 nitrogen and oxygen atoms in total. The number of piperidine rings is 1. The van der Waals surface area contributed by atoms with Crippen molar-refractivity contribution in [3.05, 3.63) is 35.6 Å². The van der Waals surface area contributed by atoms with E-state index in [0.717, 1.165) is 19.5 Å². The topological polar surface area (TPSA) is 29.3 Å². The van der Waals surface area contributed by atoms with Gasteiger partial charge in [-0.25, -0.2) is 4.39 Å². The first-order chi connectivity index (χ1) is 9.10. The highest BCUT2D eigenvalue weighted by Gasteiger charge is 2.27. The molecule has 0 spiro atoms. The van der Waals surface area contributed by atoms with Crippen molar-refractivity contribution in [3.63, 3.8) is 0 Å². The predicted octanol–water partition coefficient (Wildman–Crippen LogP) is 2.82. The van der Waals surface area contributed by atoms with Gasteiger partial charge in [0.15, 0.2) is 0 Å². The summed E-state index contributed by atoms with van der Waals surface area (Å²) < 4.78 is 12.9. The summed E-state index contributed by atoms with van der Waals surface area (Å²) in [5.41, 5.74) is 7.02. The number of hydrogen-bond acceptors (Lipinski definition) is 2. The summed E-state index contributed by atoms with van der Waals surface area (Å²) in [6.45, 7) is 6.44. The van der Waals surface area contributed by atoms with Crippen molar-refractivity contribution in [2.75, 3.05) is 13.1 Å². The smallest absolute Gasteiger partial charge is 0.123 e. The van der Waals surface area contributed by atoms with Crippen molar-refractivity contribution in [2.24, 2.45) is 11.7 Å². The molecule has 0 aromatic heterocycles. The quantitative estimate of drug-likeness (QED) is 0.906. The second-order valence-electron chi connectivity index (χ2n) is 5.90. The van der Waals surface area contributed by atoms with E-state index in [2.05, 4.69) is 18.7 Å². The average molecular weight is 264 g/mol. The van der Waals surface area contributed by atoms with Crippen LogP contribution in [0.3, 0.4) is 0 Å². The van der Waals surface area contributed by atoms with E-state index < -0.39 is 0 Å². The van der Waals surface area contributed by atoms with Crippen LogP contribution in [0.5, 0.6) is 0 Å². The summed E-state index contributed by atoms with van der Waals surface area (Å²) in [6, 6.07) is 7.98. The summed E-state index contributed by atoms with van der Waals surface area (Å²) in [7, 11) is 0. The van der Waals surface area contributed by atoms with Gasteiger partial charge in [0.2, 0.25) is 0 Å². The summed E-state index contributed by atoms with van der Waals surface area (Å²) in [5, 5.41) is 0. The van der Waals surface area contributed by atoms with Gasteiger partial charge < -0.3 is 5.73 Å². The molecule has 1 aromatic carbocycles. The molecule has 3 heteroatoms. The Morgan fingerprint density at radius 1 is 1.32 bits per heavy atom. The van der Waals surface area contributed by atoms with Gasteiger partial charge >= 0.3 is 0 Å². The SMILES string of the molecule is CC1CCC(CN)CN1C(C)Cc1ccc(F)cc1. The van der Waals surface area contributed by atoms with Gasteiger partial charge in [-0.2, -0.15) is 0 Å². The van der Waals surface area contributed by atoms with Gasteiger partial charge in [-0.3, -0.25) is 4.90 Å². The molecule has 0 amide bonds. The van der Waals surface area contributed by atoms with Crippen molar-refractivity contribution >= 4 is 0 Å². The van der Waals surface area contributed by atoms with Gasteiger partial charge in [-0.15, -0.1) is 0 Å². The molecule has 1 saturated heterocycles. The summed E-state index contributed by atoms with van der Waals surface area (Å²) in [4.78, 5) is 2.56. The summed E-state index contributed by atoms with van der Waals surface area (Å²) in [6.07, 6.45) is 3.45. The van der Waals surface area contributed by atoms with Crippen LogP contribution in [0.15, 0.2) is 24.3 Å². The molecular formula is C16H25FN2. The highest BCUT2D eigenvalue weighted by Crippen LogP contribution is 2.24. The Bertz CT molecular complexity index is 390. The minimum atomic E-state index is -0.161. The summed E-state index contributed by atoms with van der Waals surface area (Å²) >= 11 is 0. The maximum atomic E-state index is 12.9. The zero-order valence-corrected chi connectivity index (χ0v) is 12.0. The molecule has 106 valence electrons. The first-order valence-electron chi connectivity index (χ1n) is 7.30. The lowest BCUT2D eigenvalue weighted by Gasteiger charge is -2.41. The number of nitrogens with two attached hydrogens (primary N) is 1. The van der Waals surface area contributed by atoms with Crippen molar-refractivity contribution in [2.45, 2.75) is 45.2 Å². The number of rotatable bonds is 4. The van der Waals surface area contributed by atoms with Crippen molar-refractivity contribution in [1.82, 2.24) is 4.90 Å². The lowest BCUT2D eigenvalue weighted by atomic mass is 9.91. The number of likely N-dealkylation sites (tertiary alicyclic amines) is 1. The van der Waals surface area contributed by atoms with Gasteiger partial charge in [-0.05, 0) is 63.3 Å². The van der Waals surface area contributed by atoms with Crippen LogP contribution in [-0.2, 0) is 6.42 Å². The highest BCUT2D eigenvalue weighted by atomic mass is 19.1. The van der Waals surface area contributed by atoms with E-state index in [-0.39, 0.29) is 5.82 Å². The van der Waals surface area contributed by atoms with Gasteiger partial charge in [0.25, 0.3) is 0 Å². The fourth-order valence-corrected chi connectivity index (χ4v) is 3.10. The second kappa shape index (κ2) is 6.49. The maximum Gasteiger partial charge on any atom is 0.123 e. The van der Waals surface area contributed by atoms with E-state index in [1.54, 1.807) is 12.1 Å². The molecule has 1 heterocycles. The van der Waals surface area contributed by atoms with Crippen LogP contribution in [0.1, 0.15) is 32.3 Å². The fourth-order valence-electron chi connectivity index (χ4n) is 3.10. The van der Waals surface area contributed by atoms with Crippen LogP contribution in [0.25, 0.3) is 0 Å². The van der Waals surface area contributed by atoms with Gasteiger partial charge in [0.05, 0.1) is 0 Å². The molecule has 1 aromatic rings. The van der Waals surface area contributed by atoms with E-state index in [4.69, 9.17) is 5.73 Å². The number of nitrogens with zero attached hydrogens (tertiary/aromatic N) is 1. The molecule has 2 N–H and O–H groups in total. The third kappa shape index (κ3) is 3.77. The van der Waals surface area contributed by atoms with Gasteiger partial charge in [-0.1, -0.05) is 12.1 Å². The van der Waals surface area contributed by atoms with Crippen LogP contribution in [0, 0.1) is 11.7 Å². The minimum Gasteiger partial charge on any atom is -0.330 e. The maximum absolute atomic E-state index is 12.9. The number of benzene rings is 1. The Balaban J connectivity index is 1.97. The fraction of sp³-hybridized carbons (Fsp3) is 0.625. The van der Waals surface area contributed by atoms with Crippen LogP contribution < -0.4 is 5.73 Å². The first-order valence-corrected chi connectivity index (χ1v) is 7.30. The molecule has 2 rings (SSSR count). The normalized spacial score (nSPS) is 26.3. The molecule has 0 radical (unpaired) electrons. The molecule has 1 aliphatic rings. The van der Waals surface area contributed by atoms with E-state index in [1.165, 1.54) is 18.4 Å². The molecule has 0 aliphatic carbocycles. The number of halogens is 1. The van der Waals surface area contributed by atoms with Crippen molar-refractivity contribution in [3.8, 4) is 0 Å². The Morgan fingerprint density at radius 3 is 2.63 bits per heavy atom. The predicted molar refractivity (Wildman–Crippen MR) is 77.5 cm³/mol. The van der Waals surface area contributed by atoms with Crippen LogP contribution in [0.4, 0.5) is 4.39 Å². The minimum absolute atomic E-state index is 0.161. The van der Waals surface area contributed by atoms with E-state index in [9.17, 15) is 4.39 Å². The van der Waals surface area contributed by atoms with E-state index in [0.29, 0.717) is 18.0 Å². The van der Waals surface area contributed by atoms with Crippen LogP contribution >= 0.6 is 0 Å². The molecule has 0 saturated carbocycles. The zero-order valence-electron chi connectivity index (χ0n) is 12.0. The zero-order chi connectivity index (χ0) is 13.8. The average Bonchev–Trinajstić information content (AvgIpc) is 2.42. The third-order valence-corrected chi connectivity index (χ3v) is 4.37. The molecule has 0 bridgehead atoms. The Morgan fingerprint density at radius 2 is 2.00 bits per heavy atom. The molecular weight excluding hydrogens is 239 g/mol. The molecule has 19 heavy (non-hydrogen) atoms. The van der Waals surface area contributed by atoms with E-state index in [1.807, 2.05) is 12.1 Å². The van der Waals surface area contributed by atoms with Crippen LogP contribution in [-0.4, -0.2) is 30.1 Å². The lowest BCUT2D eigenvalue weighted by Crippen LogP contribution is -2.48. The number of hydrogen-bond donors (Lipinski definition) is 1. The molecule has 3 atom stereocenters. The second-order valence-corrected chi connectivity index (χ2v) is 5.90. The highest BCUT2D eigenvalue weighted by molar-refractivity contribution is 5.17. The first kappa shape index (κ1) is 14.5. The standard InChI is InChI=1S/C16H25FN2/c1-12-3-4-15(10-18)11-19(12)13(2)9-14-5-7-16(17)8-6-14/h5-8,12-13,15H,3-4,9-11,18H2,1-2H3. The molecule has 3 unspecified atom stereocenters. The Hall–Kier alpha value is -0.930.